The van der Waals surface area contributed by atoms with Gasteiger partial charge in [0.1, 0.15) is 5.82 Å². The highest BCUT2D eigenvalue weighted by Gasteiger charge is 2.38. The number of hydrogen-bond acceptors (Lipinski definition) is 4. The van der Waals surface area contributed by atoms with Crippen molar-refractivity contribution in [2.24, 2.45) is 0 Å². The van der Waals surface area contributed by atoms with Gasteiger partial charge < -0.3 is 4.43 Å². The monoisotopic (exact) mass is 423 g/mol. The molecule has 0 radical (unpaired) electrons. The third-order valence-electron chi connectivity index (χ3n) is 5.49. The predicted octanol–water partition coefficient (Wildman–Crippen LogP) is 3.89. The van der Waals surface area contributed by atoms with Gasteiger partial charge in [0.2, 0.25) is 0 Å². The third kappa shape index (κ3) is 5.11. The molecule has 0 unspecified atom stereocenters. The largest absolute Gasteiger partial charge is 0.416 e. The molecule has 1 heterocycles. The maximum absolute atomic E-state index is 12.7. The summed E-state index contributed by atoms with van der Waals surface area (Å²) in [6.07, 6.45) is 3.71. The molecule has 0 aliphatic carbocycles. The number of benzene rings is 1. The molecule has 0 aliphatic rings. The average molecular weight is 424 g/mol. The molecule has 0 bridgehead atoms. The van der Waals surface area contributed by atoms with Gasteiger partial charge in [-0.05, 0) is 30.1 Å². The van der Waals surface area contributed by atoms with Crippen molar-refractivity contribution in [2.75, 3.05) is 20.7 Å². The molecule has 2 rings (SSSR count). The van der Waals surface area contributed by atoms with Gasteiger partial charge in [0.25, 0.3) is 0 Å². The molecule has 28 heavy (non-hydrogen) atoms. The van der Waals surface area contributed by atoms with Crippen LogP contribution in [0, 0.1) is 0 Å². The second-order valence-electron chi connectivity index (χ2n) is 8.83. The zero-order valence-electron chi connectivity index (χ0n) is 18.0. The van der Waals surface area contributed by atoms with Crippen LogP contribution in [0.25, 0.3) is 0 Å². The first-order valence-corrected chi connectivity index (χ1v) is 13.8. The average Bonchev–Trinajstić information content (AvgIpc) is 3.08. The smallest absolute Gasteiger partial charge is 0.308 e. The first kappa shape index (κ1) is 22.8. The summed E-state index contributed by atoms with van der Waals surface area (Å²) >= 11 is 0. The number of nitrogens with zero attached hydrogens (tertiary/aromatic N) is 3. The lowest BCUT2D eigenvalue weighted by atomic mass is 9.99. The molecule has 0 aliphatic heterocycles. The Hall–Kier alpha value is -1.48. The van der Waals surface area contributed by atoms with E-state index in [4.69, 9.17) is 4.43 Å². The van der Waals surface area contributed by atoms with Gasteiger partial charge in [-0.2, -0.15) is 12.7 Å². The van der Waals surface area contributed by atoms with E-state index < -0.39 is 18.5 Å². The van der Waals surface area contributed by atoms with Crippen LogP contribution < -0.4 is 0 Å². The molecular weight excluding hydrogens is 390 g/mol. The molecule has 0 N–H and O–H groups in total. The topological polar surface area (TPSA) is 64.4 Å². The van der Waals surface area contributed by atoms with Crippen LogP contribution >= 0.6 is 0 Å². The van der Waals surface area contributed by atoms with E-state index >= 15 is 0 Å². The number of imidazole rings is 1. The minimum absolute atomic E-state index is 0.0788. The molecule has 1 aromatic heterocycles. The summed E-state index contributed by atoms with van der Waals surface area (Å²) in [5.74, 6) is 0.345. The Morgan fingerprint density at radius 1 is 1.18 bits per heavy atom. The fourth-order valence-electron chi connectivity index (χ4n) is 2.61. The zero-order valence-corrected chi connectivity index (χ0v) is 19.8. The fraction of sp³-hybridized carbons (Fsp3) is 0.550. The van der Waals surface area contributed by atoms with Crippen molar-refractivity contribution in [1.82, 2.24) is 13.3 Å². The van der Waals surface area contributed by atoms with Crippen LogP contribution in [0.2, 0.25) is 18.1 Å². The molecule has 1 aromatic carbocycles. The molecule has 2 aromatic rings. The molecule has 0 saturated heterocycles. The van der Waals surface area contributed by atoms with Gasteiger partial charge in [-0.15, -0.1) is 0 Å². The number of rotatable bonds is 8. The van der Waals surface area contributed by atoms with E-state index in [0.29, 0.717) is 18.9 Å². The molecule has 1 atom stereocenters. The molecule has 0 saturated carbocycles. The van der Waals surface area contributed by atoms with Crippen molar-refractivity contribution in [3.63, 3.8) is 0 Å². The maximum atomic E-state index is 12.7. The van der Waals surface area contributed by atoms with Crippen LogP contribution in [0.15, 0.2) is 42.7 Å². The molecular formula is C20H33N3O3SSi. The van der Waals surface area contributed by atoms with Crippen LogP contribution in [0.5, 0.6) is 0 Å². The van der Waals surface area contributed by atoms with E-state index in [2.05, 4.69) is 38.8 Å². The van der Waals surface area contributed by atoms with Gasteiger partial charge in [0.15, 0.2) is 8.32 Å². The molecule has 6 nitrogen and oxygen atoms in total. The van der Waals surface area contributed by atoms with Crippen molar-refractivity contribution in [2.45, 2.75) is 51.2 Å². The quantitative estimate of drug-likeness (QED) is 0.604. The van der Waals surface area contributed by atoms with Crippen molar-refractivity contribution in [3.05, 3.63) is 54.1 Å². The van der Waals surface area contributed by atoms with E-state index in [9.17, 15) is 8.42 Å². The highest BCUT2D eigenvalue weighted by Crippen LogP contribution is 2.37. The Balaban J connectivity index is 2.39. The van der Waals surface area contributed by atoms with Gasteiger partial charge in [-0.25, -0.2) is 8.96 Å². The Morgan fingerprint density at radius 3 is 2.32 bits per heavy atom. The number of aromatic nitrogens is 2. The summed E-state index contributed by atoms with van der Waals surface area (Å²) in [6, 6.07) is 10.1. The van der Waals surface area contributed by atoms with Crippen molar-refractivity contribution >= 4 is 18.5 Å². The first-order valence-electron chi connectivity index (χ1n) is 9.50. The standard InChI is InChI=1S/C20H33N3O3SSi/c1-20(2,3)28(6,7)26-16-18(15-17-11-9-8-10-12-17)19-21-13-14-23(19)27(24,25)22(4)5/h8-14,18H,15-16H2,1-7H3/t18-/m1/s1. The van der Waals surface area contributed by atoms with Gasteiger partial charge in [-0.1, -0.05) is 51.1 Å². The van der Waals surface area contributed by atoms with Crippen molar-refractivity contribution < 1.29 is 12.8 Å². The van der Waals surface area contributed by atoms with Crippen LogP contribution in [-0.2, 0) is 21.1 Å². The van der Waals surface area contributed by atoms with Crippen LogP contribution in [-0.4, -0.2) is 50.7 Å². The summed E-state index contributed by atoms with van der Waals surface area (Å²) < 4.78 is 34.4. The number of hydrogen-bond donors (Lipinski definition) is 0. The molecule has 8 heteroatoms. The summed E-state index contributed by atoms with van der Waals surface area (Å²) in [4.78, 5) is 4.42. The minimum atomic E-state index is -3.64. The normalized spacial score (nSPS) is 14.4. The van der Waals surface area contributed by atoms with Gasteiger partial charge in [-0.3, -0.25) is 0 Å². The van der Waals surface area contributed by atoms with Gasteiger partial charge in [0.05, 0.1) is 0 Å². The molecule has 0 spiro atoms. The Labute approximate surface area is 170 Å². The van der Waals surface area contributed by atoms with E-state index in [1.807, 2.05) is 30.3 Å². The van der Waals surface area contributed by atoms with Crippen LogP contribution in [0.1, 0.15) is 38.1 Å². The summed E-state index contributed by atoms with van der Waals surface area (Å²) in [5.41, 5.74) is 1.13. The summed E-state index contributed by atoms with van der Waals surface area (Å²) in [7, 11) is -2.57. The minimum Gasteiger partial charge on any atom is -0.416 e. The highest BCUT2D eigenvalue weighted by molar-refractivity contribution is 7.87. The maximum Gasteiger partial charge on any atom is 0.308 e. The predicted molar refractivity (Wildman–Crippen MR) is 116 cm³/mol. The lowest BCUT2D eigenvalue weighted by molar-refractivity contribution is 0.257. The van der Waals surface area contributed by atoms with Gasteiger partial charge in [0, 0.05) is 39.0 Å². The Kier molecular flexibility index (Phi) is 6.91. The Bertz CT molecular complexity index is 872. The van der Waals surface area contributed by atoms with Crippen LogP contribution in [0.4, 0.5) is 0 Å². The Morgan fingerprint density at radius 2 is 1.79 bits per heavy atom. The summed E-state index contributed by atoms with van der Waals surface area (Å²) in [5, 5.41) is 0.0788. The summed E-state index contributed by atoms with van der Waals surface area (Å²) in [6.45, 7) is 11.4. The van der Waals surface area contributed by atoms with Gasteiger partial charge >= 0.3 is 10.2 Å². The molecule has 0 fully saturated rings. The second-order valence-corrected chi connectivity index (χ2v) is 15.7. The fourth-order valence-corrected chi connectivity index (χ4v) is 4.65. The van der Waals surface area contributed by atoms with E-state index in [1.165, 1.54) is 28.6 Å². The lowest BCUT2D eigenvalue weighted by Gasteiger charge is -2.37. The van der Waals surface area contributed by atoms with E-state index in [0.717, 1.165) is 5.56 Å². The van der Waals surface area contributed by atoms with E-state index in [-0.39, 0.29) is 11.0 Å². The highest BCUT2D eigenvalue weighted by atomic mass is 32.2. The second kappa shape index (κ2) is 8.48. The third-order valence-corrected chi connectivity index (χ3v) is 11.7. The van der Waals surface area contributed by atoms with Crippen LogP contribution in [0.3, 0.4) is 0 Å². The molecule has 156 valence electrons. The van der Waals surface area contributed by atoms with Crippen molar-refractivity contribution in [1.29, 1.82) is 0 Å². The van der Waals surface area contributed by atoms with E-state index in [1.54, 1.807) is 6.20 Å². The van der Waals surface area contributed by atoms with Crippen molar-refractivity contribution in [3.8, 4) is 0 Å². The molecule has 0 amide bonds. The SMILES string of the molecule is CN(C)S(=O)(=O)n1ccnc1[C@@H](CO[Si](C)(C)C(C)(C)C)Cc1ccccc1. The zero-order chi connectivity index (χ0) is 21.2. The lowest BCUT2D eigenvalue weighted by Crippen LogP contribution is -2.42. The first-order chi connectivity index (χ1) is 12.9.